The van der Waals surface area contributed by atoms with Crippen LogP contribution < -0.4 is 19.7 Å². The van der Waals surface area contributed by atoms with Crippen LogP contribution in [0.2, 0.25) is 0 Å². The lowest BCUT2D eigenvalue weighted by atomic mass is 10.0. The van der Waals surface area contributed by atoms with Gasteiger partial charge in [0.15, 0.2) is 11.5 Å². The first kappa shape index (κ1) is 20.1. The Kier molecular flexibility index (Phi) is 5.05. The van der Waals surface area contributed by atoms with Gasteiger partial charge in [-0.3, -0.25) is 9.59 Å². The molecule has 2 atom stereocenters. The van der Waals surface area contributed by atoms with E-state index in [1.54, 1.807) is 25.1 Å². The minimum atomic E-state index is -4.46. The quantitative estimate of drug-likeness (QED) is 0.820. The lowest BCUT2D eigenvalue weighted by molar-refractivity contribution is -0.137. The third-order valence-electron chi connectivity index (χ3n) is 5.24. The van der Waals surface area contributed by atoms with E-state index in [1.165, 1.54) is 17.0 Å². The van der Waals surface area contributed by atoms with Gasteiger partial charge in [0.05, 0.1) is 17.5 Å². The zero-order chi connectivity index (χ0) is 21.5. The van der Waals surface area contributed by atoms with E-state index in [0.29, 0.717) is 22.7 Å². The highest BCUT2D eigenvalue weighted by molar-refractivity contribution is 6.00. The van der Waals surface area contributed by atoms with Crippen molar-refractivity contribution in [3.05, 3.63) is 53.6 Å². The molecule has 0 aromatic heterocycles. The summed E-state index contributed by atoms with van der Waals surface area (Å²) in [5, 5.41) is 2.72. The van der Waals surface area contributed by atoms with Crippen molar-refractivity contribution in [2.45, 2.75) is 25.6 Å². The smallest absolute Gasteiger partial charge is 0.416 e. The highest BCUT2D eigenvalue weighted by Crippen LogP contribution is 2.37. The Morgan fingerprint density at radius 2 is 1.93 bits per heavy atom. The van der Waals surface area contributed by atoms with Crippen molar-refractivity contribution in [3.8, 4) is 11.5 Å². The number of ether oxygens (including phenoxy) is 2. The Hall–Kier alpha value is -3.23. The van der Waals surface area contributed by atoms with E-state index in [1.807, 2.05) is 0 Å². The lowest BCUT2D eigenvalue weighted by Crippen LogP contribution is -2.34. The fourth-order valence-corrected chi connectivity index (χ4v) is 3.58. The van der Waals surface area contributed by atoms with Crippen molar-refractivity contribution in [2.24, 2.45) is 5.92 Å². The first-order valence-corrected chi connectivity index (χ1v) is 9.40. The number of fused-ring (bicyclic) bond motifs is 1. The normalized spacial score (nSPS) is 19.1. The topological polar surface area (TPSA) is 67.9 Å². The van der Waals surface area contributed by atoms with Gasteiger partial charge < -0.3 is 19.7 Å². The van der Waals surface area contributed by atoms with Crippen LogP contribution in [-0.4, -0.2) is 25.2 Å². The summed E-state index contributed by atoms with van der Waals surface area (Å²) in [5.74, 6) is -0.0608. The molecule has 0 unspecified atom stereocenters. The van der Waals surface area contributed by atoms with Crippen molar-refractivity contribution >= 4 is 17.5 Å². The molecule has 6 nitrogen and oxygen atoms in total. The van der Waals surface area contributed by atoms with Crippen LogP contribution >= 0.6 is 0 Å². The Morgan fingerprint density at radius 3 is 2.70 bits per heavy atom. The summed E-state index contributed by atoms with van der Waals surface area (Å²) in [6, 6.07) is 9.31. The predicted molar refractivity (Wildman–Crippen MR) is 101 cm³/mol. The van der Waals surface area contributed by atoms with Crippen molar-refractivity contribution in [3.63, 3.8) is 0 Å². The maximum atomic E-state index is 12.9. The summed E-state index contributed by atoms with van der Waals surface area (Å²) < 4.78 is 49.3. The minimum Gasteiger partial charge on any atom is -0.454 e. The SMILES string of the molecule is C[C@H](NC(=O)[C@H]1CC(=O)N(c2ccc3c(c2)OCO3)C1)c1cccc(C(F)(F)F)c1. The van der Waals surface area contributed by atoms with E-state index in [2.05, 4.69) is 5.32 Å². The molecule has 0 spiro atoms. The average molecular weight is 420 g/mol. The molecule has 30 heavy (non-hydrogen) atoms. The van der Waals surface area contributed by atoms with E-state index >= 15 is 0 Å². The van der Waals surface area contributed by atoms with Crippen LogP contribution in [0.4, 0.5) is 18.9 Å². The summed E-state index contributed by atoms with van der Waals surface area (Å²) in [6.45, 7) is 1.91. The molecule has 1 saturated heterocycles. The molecule has 2 aliphatic heterocycles. The molecule has 1 fully saturated rings. The van der Waals surface area contributed by atoms with Gasteiger partial charge in [0.2, 0.25) is 18.6 Å². The Bertz CT molecular complexity index is 992. The van der Waals surface area contributed by atoms with Crippen LogP contribution in [0.5, 0.6) is 11.5 Å². The zero-order valence-corrected chi connectivity index (χ0v) is 16.0. The molecule has 0 aliphatic carbocycles. The summed E-state index contributed by atoms with van der Waals surface area (Å²) >= 11 is 0. The monoisotopic (exact) mass is 420 g/mol. The number of benzene rings is 2. The average Bonchev–Trinajstić information content (AvgIpc) is 3.33. The fourth-order valence-electron chi connectivity index (χ4n) is 3.58. The van der Waals surface area contributed by atoms with E-state index in [0.717, 1.165) is 12.1 Å². The molecule has 4 rings (SSSR count). The van der Waals surface area contributed by atoms with Gasteiger partial charge in [-0.1, -0.05) is 12.1 Å². The number of halogens is 3. The van der Waals surface area contributed by atoms with E-state index < -0.39 is 23.7 Å². The number of carbonyl (C=O) groups is 2. The largest absolute Gasteiger partial charge is 0.454 e. The van der Waals surface area contributed by atoms with Crippen LogP contribution in [0.15, 0.2) is 42.5 Å². The van der Waals surface area contributed by atoms with Crippen molar-refractivity contribution in [1.29, 1.82) is 0 Å². The molecule has 2 aromatic rings. The van der Waals surface area contributed by atoms with Gasteiger partial charge in [-0.05, 0) is 36.8 Å². The maximum absolute atomic E-state index is 12.9. The number of amides is 2. The van der Waals surface area contributed by atoms with E-state index in [4.69, 9.17) is 9.47 Å². The third-order valence-corrected chi connectivity index (χ3v) is 5.24. The van der Waals surface area contributed by atoms with Gasteiger partial charge >= 0.3 is 6.18 Å². The molecule has 2 aliphatic rings. The number of rotatable bonds is 4. The van der Waals surface area contributed by atoms with Crippen LogP contribution in [0.1, 0.15) is 30.5 Å². The lowest BCUT2D eigenvalue weighted by Gasteiger charge is -2.19. The van der Waals surface area contributed by atoms with Gasteiger partial charge in [-0.2, -0.15) is 13.2 Å². The molecule has 0 radical (unpaired) electrons. The van der Waals surface area contributed by atoms with Crippen molar-refractivity contribution in [2.75, 3.05) is 18.2 Å². The van der Waals surface area contributed by atoms with Crippen molar-refractivity contribution in [1.82, 2.24) is 5.32 Å². The Balaban J connectivity index is 1.43. The van der Waals surface area contributed by atoms with Crippen molar-refractivity contribution < 1.29 is 32.2 Å². The molecule has 2 amide bonds. The molecule has 0 bridgehead atoms. The Morgan fingerprint density at radius 1 is 1.17 bits per heavy atom. The molecular weight excluding hydrogens is 401 g/mol. The Labute approximate surface area is 170 Å². The molecule has 0 saturated carbocycles. The number of anilines is 1. The van der Waals surface area contributed by atoms with Crippen LogP contribution in [0, 0.1) is 5.92 Å². The minimum absolute atomic E-state index is 0.0234. The number of nitrogens with zero attached hydrogens (tertiary/aromatic N) is 1. The maximum Gasteiger partial charge on any atom is 0.416 e. The first-order valence-electron chi connectivity index (χ1n) is 9.40. The summed E-state index contributed by atoms with van der Waals surface area (Å²) in [4.78, 5) is 26.6. The molecule has 9 heteroatoms. The van der Waals surface area contributed by atoms with Gasteiger partial charge in [0.25, 0.3) is 0 Å². The van der Waals surface area contributed by atoms with Gasteiger partial charge in [-0.15, -0.1) is 0 Å². The van der Waals surface area contributed by atoms with Crippen LogP contribution in [0.25, 0.3) is 0 Å². The van der Waals surface area contributed by atoms with Gasteiger partial charge in [0.1, 0.15) is 0 Å². The molecule has 2 aromatic carbocycles. The summed E-state index contributed by atoms with van der Waals surface area (Å²) in [6.07, 6.45) is -4.43. The highest BCUT2D eigenvalue weighted by atomic mass is 19.4. The third kappa shape index (κ3) is 3.92. The highest BCUT2D eigenvalue weighted by Gasteiger charge is 2.36. The molecule has 2 heterocycles. The second-order valence-electron chi connectivity index (χ2n) is 7.30. The van der Waals surface area contributed by atoms with Gasteiger partial charge in [-0.25, -0.2) is 0 Å². The van der Waals surface area contributed by atoms with E-state index in [-0.39, 0.29) is 31.6 Å². The summed E-state index contributed by atoms with van der Waals surface area (Å²) in [5.41, 5.74) is 0.173. The standard InChI is InChI=1S/C21H19F3N2O4/c1-12(13-3-2-4-15(7-13)21(22,23)24)25-20(28)14-8-19(27)26(10-14)16-5-6-17-18(9-16)30-11-29-17/h2-7,9,12,14H,8,10-11H2,1H3,(H,25,28)/t12-,14-/m0/s1. The second-order valence-corrected chi connectivity index (χ2v) is 7.30. The van der Waals surface area contributed by atoms with E-state index in [9.17, 15) is 22.8 Å². The van der Waals surface area contributed by atoms with Crippen LogP contribution in [-0.2, 0) is 15.8 Å². The fraction of sp³-hybridized carbons (Fsp3) is 0.333. The number of alkyl halides is 3. The predicted octanol–water partition coefficient (Wildman–Crippen LogP) is 3.66. The zero-order valence-electron chi connectivity index (χ0n) is 16.0. The first-order chi connectivity index (χ1) is 14.2. The number of hydrogen-bond acceptors (Lipinski definition) is 4. The van der Waals surface area contributed by atoms with Crippen LogP contribution in [0.3, 0.4) is 0 Å². The number of carbonyl (C=O) groups excluding carboxylic acids is 2. The molecule has 158 valence electrons. The second kappa shape index (κ2) is 7.55. The number of nitrogens with one attached hydrogen (secondary N) is 1. The number of hydrogen-bond donors (Lipinski definition) is 1. The van der Waals surface area contributed by atoms with Gasteiger partial charge in [0, 0.05) is 24.7 Å². The molecular formula is C21H19F3N2O4. The summed E-state index contributed by atoms with van der Waals surface area (Å²) in [7, 11) is 0. The molecule has 1 N–H and O–H groups in total.